The van der Waals surface area contributed by atoms with E-state index >= 15 is 0 Å². The number of hydrogen-bond donors (Lipinski definition) is 2. The highest BCUT2D eigenvalue weighted by atomic mass is 16.5. The highest BCUT2D eigenvalue weighted by molar-refractivity contribution is 5.77. The van der Waals surface area contributed by atoms with Crippen molar-refractivity contribution in [1.82, 2.24) is 0 Å². The second kappa shape index (κ2) is 8.20. The molecule has 0 spiro atoms. The number of ether oxygens (including phenoxy) is 2. The second-order valence-electron chi connectivity index (χ2n) is 6.30. The molecule has 3 N–H and O–H groups in total. The number of carboxylic acids is 1. The summed E-state index contributed by atoms with van der Waals surface area (Å²) in [5.74, 6) is 0.793. The van der Waals surface area contributed by atoms with E-state index in [-0.39, 0.29) is 11.8 Å². The van der Waals surface area contributed by atoms with Crippen LogP contribution in [0.4, 0.5) is 0 Å². The summed E-state index contributed by atoms with van der Waals surface area (Å²) in [5, 5.41) is 9.21. The van der Waals surface area contributed by atoms with E-state index in [2.05, 4.69) is 6.92 Å². The third-order valence-electron chi connectivity index (χ3n) is 4.14. The molecule has 5 nitrogen and oxygen atoms in total. The van der Waals surface area contributed by atoms with Crippen LogP contribution in [0.2, 0.25) is 0 Å². The van der Waals surface area contributed by atoms with Gasteiger partial charge < -0.3 is 20.3 Å². The second-order valence-corrected chi connectivity index (χ2v) is 6.30. The van der Waals surface area contributed by atoms with Crippen molar-refractivity contribution in [2.45, 2.75) is 52.5 Å². The minimum absolute atomic E-state index is 0.104. The Balaban J connectivity index is 3.00. The van der Waals surface area contributed by atoms with Crippen molar-refractivity contribution in [3.63, 3.8) is 0 Å². The van der Waals surface area contributed by atoms with Crippen LogP contribution in [0.5, 0.6) is 11.5 Å². The van der Waals surface area contributed by atoms with Crippen molar-refractivity contribution in [2.24, 2.45) is 11.7 Å². The Morgan fingerprint density at radius 2 is 1.65 bits per heavy atom. The van der Waals surface area contributed by atoms with Crippen molar-refractivity contribution >= 4 is 5.97 Å². The van der Waals surface area contributed by atoms with Crippen molar-refractivity contribution in [2.75, 3.05) is 13.2 Å². The lowest BCUT2D eigenvalue weighted by atomic mass is 9.80. The molecule has 1 aromatic rings. The predicted octanol–water partition coefficient (Wildman–Crippen LogP) is 3.42. The molecule has 0 aliphatic carbocycles. The van der Waals surface area contributed by atoms with Gasteiger partial charge in [-0.15, -0.1) is 0 Å². The normalized spacial score (nSPS) is 16.3. The summed E-state index contributed by atoms with van der Waals surface area (Å²) in [4.78, 5) is 11.2. The van der Waals surface area contributed by atoms with E-state index < -0.39 is 11.5 Å². The molecule has 0 aliphatic rings. The first-order valence-electron chi connectivity index (χ1n) is 8.14. The standard InChI is InChI=1S/C18H29NO4/c1-6-22-15-8-14(9-16(10-15)23-7-2)13(4)12(3)11-18(5,19)17(20)21/h8-10,12-13H,6-7,11,19H2,1-5H3,(H,20,21). The Morgan fingerprint density at radius 1 is 1.17 bits per heavy atom. The van der Waals surface area contributed by atoms with Gasteiger partial charge in [0.05, 0.1) is 13.2 Å². The molecule has 0 saturated heterocycles. The van der Waals surface area contributed by atoms with Gasteiger partial charge in [-0.25, -0.2) is 0 Å². The lowest BCUT2D eigenvalue weighted by molar-refractivity contribution is -0.143. The Kier molecular flexibility index (Phi) is 6.88. The molecule has 0 amide bonds. The minimum Gasteiger partial charge on any atom is -0.494 e. The molecule has 1 rings (SSSR count). The molecule has 23 heavy (non-hydrogen) atoms. The van der Waals surface area contributed by atoms with E-state index in [9.17, 15) is 9.90 Å². The number of hydrogen-bond acceptors (Lipinski definition) is 4. The van der Waals surface area contributed by atoms with Crippen LogP contribution in [-0.2, 0) is 4.79 Å². The molecule has 0 aliphatic heterocycles. The first-order chi connectivity index (χ1) is 10.7. The maximum absolute atomic E-state index is 11.2. The van der Waals surface area contributed by atoms with E-state index in [1.54, 1.807) is 6.92 Å². The monoisotopic (exact) mass is 323 g/mol. The molecule has 130 valence electrons. The highest BCUT2D eigenvalue weighted by Crippen LogP contribution is 2.34. The van der Waals surface area contributed by atoms with Crippen LogP contribution in [0.1, 0.15) is 52.5 Å². The topological polar surface area (TPSA) is 81.8 Å². The average Bonchev–Trinajstić information content (AvgIpc) is 2.46. The summed E-state index contributed by atoms with van der Waals surface area (Å²) in [6.07, 6.45) is 0.395. The number of rotatable bonds is 9. The maximum Gasteiger partial charge on any atom is 0.323 e. The van der Waals surface area contributed by atoms with Crippen molar-refractivity contribution in [3.8, 4) is 11.5 Å². The lowest BCUT2D eigenvalue weighted by Gasteiger charge is -2.28. The number of carboxylic acid groups (broad SMARTS) is 1. The van der Waals surface area contributed by atoms with Gasteiger partial charge in [0.25, 0.3) is 0 Å². The quantitative estimate of drug-likeness (QED) is 0.727. The van der Waals surface area contributed by atoms with Crippen molar-refractivity contribution in [3.05, 3.63) is 23.8 Å². The number of aliphatic carboxylic acids is 1. The van der Waals surface area contributed by atoms with Gasteiger partial charge in [-0.2, -0.15) is 0 Å². The van der Waals surface area contributed by atoms with Gasteiger partial charge in [0, 0.05) is 6.07 Å². The Bertz CT molecular complexity index is 504. The van der Waals surface area contributed by atoms with Gasteiger partial charge in [0.1, 0.15) is 17.0 Å². The smallest absolute Gasteiger partial charge is 0.323 e. The van der Waals surface area contributed by atoms with Gasteiger partial charge in [-0.05, 0) is 56.7 Å². The van der Waals surface area contributed by atoms with Crippen molar-refractivity contribution in [1.29, 1.82) is 0 Å². The number of nitrogens with two attached hydrogens (primary N) is 1. The summed E-state index contributed by atoms with van der Waals surface area (Å²) in [5.41, 5.74) is 5.72. The van der Waals surface area contributed by atoms with Gasteiger partial charge in [0.15, 0.2) is 0 Å². The van der Waals surface area contributed by atoms with E-state index in [1.807, 2.05) is 39.0 Å². The summed E-state index contributed by atoms with van der Waals surface area (Å²) in [6, 6.07) is 5.85. The molecular weight excluding hydrogens is 294 g/mol. The van der Waals surface area contributed by atoms with Crippen LogP contribution in [0.3, 0.4) is 0 Å². The van der Waals surface area contributed by atoms with Crippen molar-refractivity contribution < 1.29 is 19.4 Å². The van der Waals surface area contributed by atoms with Crippen LogP contribution in [0.15, 0.2) is 18.2 Å². The highest BCUT2D eigenvalue weighted by Gasteiger charge is 2.32. The zero-order valence-corrected chi connectivity index (χ0v) is 14.8. The molecular formula is C18H29NO4. The van der Waals surface area contributed by atoms with E-state index in [4.69, 9.17) is 15.2 Å². The summed E-state index contributed by atoms with van der Waals surface area (Å²) < 4.78 is 11.2. The van der Waals surface area contributed by atoms with Crippen LogP contribution in [0, 0.1) is 5.92 Å². The first-order valence-corrected chi connectivity index (χ1v) is 8.14. The van der Waals surface area contributed by atoms with Crippen LogP contribution in [-0.4, -0.2) is 29.8 Å². The van der Waals surface area contributed by atoms with Crippen LogP contribution >= 0.6 is 0 Å². The molecule has 1 aromatic carbocycles. The summed E-state index contributed by atoms with van der Waals surface area (Å²) in [7, 11) is 0. The molecule has 0 saturated carbocycles. The van der Waals surface area contributed by atoms with Crippen LogP contribution in [0.25, 0.3) is 0 Å². The molecule has 5 heteroatoms. The molecule has 3 atom stereocenters. The maximum atomic E-state index is 11.2. The molecule has 0 fully saturated rings. The minimum atomic E-state index is -1.23. The SMILES string of the molecule is CCOc1cc(OCC)cc(C(C)C(C)CC(C)(N)C(=O)O)c1. The van der Waals surface area contributed by atoms with E-state index in [0.29, 0.717) is 19.6 Å². The average molecular weight is 323 g/mol. The van der Waals surface area contributed by atoms with E-state index in [0.717, 1.165) is 17.1 Å². The fraction of sp³-hybridized carbons (Fsp3) is 0.611. The fourth-order valence-electron chi connectivity index (χ4n) is 2.62. The van der Waals surface area contributed by atoms with E-state index in [1.165, 1.54) is 0 Å². The molecule has 3 unspecified atom stereocenters. The number of carbonyl (C=O) groups is 1. The van der Waals surface area contributed by atoms with Gasteiger partial charge in [-0.1, -0.05) is 13.8 Å². The first kappa shape index (κ1) is 19.3. The largest absolute Gasteiger partial charge is 0.494 e. The predicted molar refractivity (Wildman–Crippen MR) is 91.2 cm³/mol. The van der Waals surface area contributed by atoms with Gasteiger partial charge in [-0.3, -0.25) is 4.79 Å². The summed E-state index contributed by atoms with van der Waals surface area (Å²) >= 11 is 0. The Labute approximate surface area is 138 Å². The lowest BCUT2D eigenvalue weighted by Crippen LogP contribution is -2.46. The third-order valence-corrected chi connectivity index (χ3v) is 4.14. The molecule has 0 aromatic heterocycles. The van der Waals surface area contributed by atoms with Gasteiger partial charge in [0.2, 0.25) is 0 Å². The molecule has 0 bridgehead atoms. The zero-order chi connectivity index (χ0) is 17.6. The fourth-order valence-corrected chi connectivity index (χ4v) is 2.62. The Hall–Kier alpha value is -1.75. The van der Waals surface area contributed by atoms with Crippen LogP contribution < -0.4 is 15.2 Å². The third kappa shape index (κ3) is 5.43. The Morgan fingerprint density at radius 3 is 2.04 bits per heavy atom. The number of benzene rings is 1. The zero-order valence-electron chi connectivity index (χ0n) is 14.8. The molecule has 0 radical (unpaired) electrons. The molecule has 0 heterocycles. The summed E-state index contributed by atoms with van der Waals surface area (Å²) in [6.45, 7) is 10.7. The van der Waals surface area contributed by atoms with Gasteiger partial charge >= 0.3 is 5.97 Å².